The van der Waals surface area contributed by atoms with Crippen molar-refractivity contribution in [2.45, 2.75) is 19.1 Å². The van der Waals surface area contributed by atoms with Crippen LogP contribution in [0.4, 0.5) is 27.6 Å². The minimum atomic E-state index is -4.63. The molecule has 0 saturated heterocycles. The number of aromatic nitrogens is 3. The highest BCUT2D eigenvalue weighted by atomic mass is 35.5. The van der Waals surface area contributed by atoms with Crippen molar-refractivity contribution in [3.05, 3.63) is 47.4 Å². The summed E-state index contributed by atoms with van der Waals surface area (Å²) in [6.45, 7) is 0.841. The molecule has 0 amide bonds. The molecule has 0 aliphatic carbocycles. The van der Waals surface area contributed by atoms with Gasteiger partial charge in [0.15, 0.2) is 5.65 Å². The Morgan fingerprint density at radius 1 is 1.08 bits per heavy atom. The zero-order valence-electron chi connectivity index (χ0n) is 13.1. The molecule has 2 heterocycles. The zero-order chi connectivity index (χ0) is 19.1. The summed E-state index contributed by atoms with van der Waals surface area (Å²) in [7, 11) is 0. The number of hydrogen-bond donors (Lipinski definition) is 1. The minimum Gasteiger partial charge on any atom is -0.372 e. The van der Waals surface area contributed by atoms with Crippen LogP contribution in [0.5, 0.6) is 0 Å². The standard InChI is InChI=1S/C16H10ClF5N4/c1-7(16(20,21)22)25-12-11(10-8(17)3-2-4-9(10)18)14(19)26-15-13(12)23-5-6-24-15/h2-7H,1H3,(H,24,25,26). The number of hydrogen-bond acceptors (Lipinski definition) is 4. The number of rotatable bonds is 3. The SMILES string of the molecule is CC(Nc1c(-c2c(F)cccc2Cl)c(F)nc2nccnc12)C(F)(F)F. The third-order valence-electron chi connectivity index (χ3n) is 3.64. The summed E-state index contributed by atoms with van der Waals surface area (Å²) in [5, 5.41) is 1.97. The van der Waals surface area contributed by atoms with Crippen LogP contribution in [0, 0.1) is 11.8 Å². The van der Waals surface area contributed by atoms with Crippen molar-refractivity contribution in [1.29, 1.82) is 0 Å². The van der Waals surface area contributed by atoms with Gasteiger partial charge in [0.2, 0.25) is 5.95 Å². The van der Waals surface area contributed by atoms with E-state index >= 15 is 0 Å². The van der Waals surface area contributed by atoms with Gasteiger partial charge in [-0.3, -0.25) is 0 Å². The number of pyridine rings is 1. The van der Waals surface area contributed by atoms with Crippen molar-refractivity contribution in [3.8, 4) is 11.1 Å². The van der Waals surface area contributed by atoms with Gasteiger partial charge in [-0.05, 0) is 19.1 Å². The second-order valence-electron chi connectivity index (χ2n) is 5.39. The van der Waals surface area contributed by atoms with Crippen LogP contribution in [0.1, 0.15) is 6.92 Å². The Morgan fingerprint density at radius 2 is 1.77 bits per heavy atom. The van der Waals surface area contributed by atoms with Crippen LogP contribution in [-0.4, -0.2) is 27.2 Å². The fraction of sp³-hybridized carbons (Fsp3) is 0.188. The van der Waals surface area contributed by atoms with E-state index in [0.717, 1.165) is 13.0 Å². The van der Waals surface area contributed by atoms with Crippen molar-refractivity contribution in [1.82, 2.24) is 15.0 Å². The van der Waals surface area contributed by atoms with Gasteiger partial charge in [-0.1, -0.05) is 17.7 Å². The smallest absolute Gasteiger partial charge is 0.372 e. The maximum Gasteiger partial charge on any atom is 0.408 e. The third kappa shape index (κ3) is 3.26. The van der Waals surface area contributed by atoms with E-state index in [1.165, 1.54) is 24.5 Å². The molecule has 3 rings (SSSR count). The monoisotopic (exact) mass is 388 g/mol. The molecule has 0 saturated carbocycles. The normalized spacial score (nSPS) is 13.0. The van der Waals surface area contributed by atoms with Gasteiger partial charge in [0.05, 0.1) is 16.3 Å². The van der Waals surface area contributed by atoms with E-state index in [4.69, 9.17) is 11.6 Å². The number of alkyl halides is 3. The highest BCUT2D eigenvalue weighted by molar-refractivity contribution is 6.33. The molecule has 0 aliphatic heterocycles. The predicted molar refractivity (Wildman–Crippen MR) is 86.8 cm³/mol. The Morgan fingerprint density at radius 3 is 2.42 bits per heavy atom. The van der Waals surface area contributed by atoms with Gasteiger partial charge in [-0.15, -0.1) is 0 Å². The van der Waals surface area contributed by atoms with Gasteiger partial charge in [-0.25, -0.2) is 14.4 Å². The minimum absolute atomic E-state index is 0.140. The molecule has 0 aliphatic rings. The van der Waals surface area contributed by atoms with Gasteiger partial charge < -0.3 is 5.32 Å². The van der Waals surface area contributed by atoms with Gasteiger partial charge in [0, 0.05) is 18.0 Å². The van der Waals surface area contributed by atoms with Crippen LogP contribution < -0.4 is 5.32 Å². The molecule has 136 valence electrons. The van der Waals surface area contributed by atoms with Crippen molar-refractivity contribution in [2.75, 3.05) is 5.32 Å². The molecule has 4 nitrogen and oxygen atoms in total. The summed E-state index contributed by atoms with van der Waals surface area (Å²) < 4.78 is 68.0. The Labute approximate surface area is 149 Å². The number of benzene rings is 1. The van der Waals surface area contributed by atoms with Crippen molar-refractivity contribution in [2.24, 2.45) is 0 Å². The molecule has 0 bridgehead atoms. The number of fused-ring (bicyclic) bond motifs is 1. The number of nitrogens with zero attached hydrogens (tertiary/aromatic N) is 3. The molecule has 1 unspecified atom stereocenters. The summed E-state index contributed by atoms with van der Waals surface area (Å²) in [6, 6.07) is 1.52. The predicted octanol–water partition coefficient (Wildman–Crippen LogP) is 4.99. The lowest BCUT2D eigenvalue weighted by Gasteiger charge is -2.22. The quantitative estimate of drug-likeness (QED) is 0.507. The van der Waals surface area contributed by atoms with Crippen LogP contribution >= 0.6 is 11.6 Å². The summed E-state index contributed by atoms with van der Waals surface area (Å²) in [5.41, 5.74) is -1.71. The Kier molecular flexibility index (Phi) is 4.66. The highest BCUT2D eigenvalue weighted by Gasteiger charge is 2.37. The maximum absolute atomic E-state index is 14.6. The summed E-state index contributed by atoms with van der Waals surface area (Å²) in [4.78, 5) is 11.3. The number of anilines is 1. The number of halogens is 6. The molecule has 2 aromatic heterocycles. The number of nitrogens with one attached hydrogen (secondary N) is 1. The van der Waals surface area contributed by atoms with Crippen molar-refractivity contribution in [3.63, 3.8) is 0 Å². The van der Waals surface area contributed by atoms with E-state index in [0.29, 0.717) is 0 Å². The molecule has 3 aromatic rings. The molecule has 26 heavy (non-hydrogen) atoms. The van der Waals surface area contributed by atoms with E-state index in [-0.39, 0.29) is 16.2 Å². The molecule has 0 fully saturated rings. The summed E-state index contributed by atoms with van der Waals surface area (Å²) in [5.74, 6) is -2.13. The molecular weight excluding hydrogens is 379 g/mol. The molecule has 1 aromatic carbocycles. The van der Waals surface area contributed by atoms with Crippen LogP contribution in [-0.2, 0) is 0 Å². The second-order valence-corrected chi connectivity index (χ2v) is 5.79. The zero-order valence-corrected chi connectivity index (χ0v) is 13.8. The fourth-order valence-electron chi connectivity index (χ4n) is 2.36. The largest absolute Gasteiger partial charge is 0.408 e. The van der Waals surface area contributed by atoms with Gasteiger partial charge in [0.1, 0.15) is 17.4 Å². The average molecular weight is 389 g/mol. The van der Waals surface area contributed by atoms with Crippen molar-refractivity contribution >= 4 is 28.5 Å². The lowest BCUT2D eigenvalue weighted by molar-refractivity contribution is -0.138. The van der Waals surface area contributed by atoms with Crippen molar-refractivity contribution < 1.29 is 22.0 Å². The van der Waals surface area contributed by atoms with Gasteiger partial charge in [-0.2, -0.15) is 22.5 Å². The van der Waals surface area contributed by atoms with Crippen LogP contribution in [0.15, 0.2) is 30.6 Å². The first kappa shape index (κ1) is 18.2. The highest BCUT2D eigenvalue weighted by Crippen LogP contribution is 2.40. The first-order chi connectivity index (χ1) is 12.2. The van der Waals surface area contributed by atoms with Gasteiger partial charge in [0.25, 0.3) is 0 Å². The molecular formula is C16H10ClF5N4. The third-order valence-corrected chi connectivity index (χ3v) is 3.96. The Hall–Kier alpha value is -2.55. The Balaban J connectivity index is 2.35. The molecule has 1 N–H and O–H groups in total. The molecule has 0 radical (unpaired) electrons. The molecule has 1 atom stereocenters. The van der Waals surface area contributed by atoms with E-state index in [1.807, 2.05) is 0 Å². The van der Waals surface area contributed by atoms with E-state index in [2.05, 4.69) is 20.3 Å². The lowest BCUT2D eigenvalue weighted by Crippen LogP contribution is -2.33. The topological polar surface area (TPSA) is 50.7 Å². The van der Waals surface area contributed by atoms with E-state index < -0.39 is 40.8 Å². The summed E-state index contributed by atoms with van der Waals surface area (Å²) >= 11 is 5.97. The molecule has 0 spiro atoms. The first-order valence-electron chi connectivity index (χ1n) is 7.28. The van der Waals surface area contributed by atoms with Crippen LogP contribution in [0.3, 0.4) is 0 Å². The van der Waals surface area contributed by atoms with Crippen LogP contribution in [0.2, 0.25) is 5.02 Å². The second kappa shape index (κ2) is 6.64. The Bertz CT molecular complexity index is 956. The molecule has 10 heteroatoms. The van der Waals surface area contributed by atoms with E-state index in [1.54, 1.807) is 0 Å². The first-order valence-corrected chi connectivity index (χ1v) is 7.65. The lowest BCUT2D eigenvalue weighted by atomic mass is 10.0. The van der Waals surface area contributed by atoms with Gasteiger partial charge >= 0.3 is 6.18 Å². The summed E-state index contributed by atoms with van der Waals surface area (Å²) in [6.07, 6.45) is -2.22. The van der Waals surface area contributed by atoms with Crippen LogP contribution in [0.25, 0.3) is 22.3 Å². The van der Waals surface area contributed by atoms with E-state index in [9.17, 15) is 22.0 Å². The average Bonchev–Trinajstić information content (AvgIpc) is 2.55. The maximum atomic E-state index is 14.6. The fourth-order valence-corrected chi connectivity index (χ4v) is 2.62.